The normalized spacial score (nSPS) is 22.8. The van der Waals surface area contributed by atoms with E-state index >= 15 is 0 Å². The van der Waals surface area contributed by atoms with Crippen LogP contribution in [0.4, 0.5) is 4.79 Å². The molecule has 2 rings (SSSR count). The van der Waals surface area contributed by atoms with Crippen molar-refractivity contribution in [1.82, 2.24) is 15.5 Å². The second-order valence-electron chi connectivity index (χ2n) is 5.10. The lowest BCUT2D eigenvalue weighted by Crippen LogP contribution is -2.61. The minimum Gasteiger partial charge on any atom is -0.480 e. The van der Waals surface area contributed by atoms with Gasteiger partial charge in [0.1, 0.15) is 12.6 Å². The van der Waals surface area contributed by atoms with Gasteiger partial charge in [-0.2, -0.15) is 0 Å². The molecule has 3 N–H and O–H groups in total. The van der Waals surface area contributed by atoms with Crippen LogP contribution in [0.3, 0.4) is 0 Å². The van der Waals surface area contributed by atoms with Crippen LogP contribution in [0.2, 0.25) is 0 Å². The summed E-state index contributed by atoms with van der Waals surface area (Å²) in [5.74, 6) is -0.622. The van der Waals surface area contributed by atoms with Crippen molar-refractivity contribution in [3.8, 4) is 0 Å². The Kier molecular flexibility index (Phi) is 4.24. The second-order valence-corrected chi connectivity index (χ2v) is 5.10. The third-order valence-corrected chi connectivity index (χ3v) is 3.49. The molecule has 106 valence electrons. The first-order chi connectivity index (χ1) is 9.08. The Hall–Kier alpha value is -1.79. The molecular formula is C12H19N3O4. The Balaban J connectivity index is 1.79. The fraction of sp³-hybridized carbons (Fsp3) is 0.750. The molecule has 0 aromatic heterocycles. The zero-order valence-corrected chi connectivity index (χ0v) is 10.7. The topological polar surface area (TPSA) is 98.7 Å². The van der Waals surface area contributed by atoms with Crippen molar-refractivity contribution in [2.24, 2.45) is 5.92 Å². The van der Waals surface area contributed by atoms with Crippen molar-refractivity contribution < 1.29 is 19.5 Å². The fourth-order valence-electron chi connectivity index (χ4n) is 2.17. The van der Waals surface area contributed by atoms with Gasteiger partial charge in [0, 0.05) is 13.1 Å². The number of nitrogens with one attached hydrogen (secondary N) is 2. The Morgan fingerprint density at radius 3 is 2.79 bits per heavy atom. The SMILES string of the molecule is O=C1CN(C(=O)NCCCC2CC2)C(C(=O)O)CN1. The Bertz CT molecular complexity index is 381. The maximum atomic E-state index is 11.9. The van der Waals surface area contributed by atoms with Crippen LogP contribution in [0.5, 0.6) is 0 Å². The quantitative estimate of drug-likeness (QED) is 0.600. The number of rotatable bonds is 5. The first-order valence-electron chi connectivity index (χ1n) is 6.62. The van der Waals surface area contributed by atoms with E-state index in [1.807, 2.05) is 0 Å². The van der Waals surface area contributed by atoms with Gasteiger partial charge in [-0.3, -0.25) is 9.69 Å². The number of piperazine rings is 1. The lowest BCUT2D eigenvalue weighted by Gasteiger charge is -2.32. The summed E-state index contributed by atoms with van der Waals surface area (Å²) < 4.78 is 0. The molecule has 0 spiro atoms. The molecule has 1 atom stereocenters. The molecule has 0 bridgehead atoms. The average Bonchev–Trinajstić information content (AvgIpc) is 3.18. The zero-order chi connectivity index (χ0) is 13.8. The number of hydrogen-bond acceptors (Lipinski definition) is 3. The van der Waals surface area contributed by atoms with Crippen LogP contribution in [0.25, 0.3) is 0 Å². The molecule has 1 aliphatic carbocycles. The highest BCUT2D eigenvalue weighted by molar-refractivity contribution is 5.90. The van der Waals surface area contributed by atoms with E-state index in [9.17, 15) is 14.4 Å². The molecule has 1 aliphatic heterocycles. The molecule has 19 heavy (non-hydrogen) atoms. The first-order valence-corrected chi connectivity index (χ1v) is 6.62. The number of aliphatic carboxylic acids is 1. The van der Waals surface area contributed by atoms with Gasteiger partial charge >= 0.3 is 12.0 Å². The van der Waals surface area contributed by atoms with Crippen molar-refractivity contribution in [3.63, 3.8) is 0 Å². The van der Waals surface area contributed by atoms with Crippen molar-refractivity contribution >= 4 is 17.9 Å². The van der Waals surface area contributed by atoms with E-state index in [2.05, 4.69) is 10.6 Å². The molecule has 0 radical (unpaired) electrons. The average molecular weight is 269 g/mol. The number of carboxylic acid groups (broad SMARTS) is 1. The molecule has 0 aromatic rings. The Morgan fingerprint density at radius 1 is 1.42 bits per heavy atom. The predicted octanol–water partition coefficient (Wildman–Crippen LogP) is -0.229. The minimum absolute atomic E-state index is 0.0380. The van der Waals surface area contributed by atoms with E-state index in [-0.39, 0.29) is 19.0 Å². The standard InChI is InChI=1S/C12H19N3O4/c16-10-7-15(9(6-14-10)11(17)18)12(19)13-5-1-2-8-3-4-8/h8-9H,1-7H2,(H,13,19)(H,14,16)(H,17,18). The number of nitrogens with zero attached hydrogens (tertiary/aromatic N) is 1. The van der Waals surface area contributed by atoms with Gasteiger partial charge in [0.05, 0.1) is 0 Å². The van der Waals surface area contributed by atoms with Crippen LogP contribution in [-0.2, 0) is 9.59 Å². The predicted molar refractivity (Wildman–Crippen MR) is 66.5 cm³/mol. The van der Waals surface area contributed by atoms with Gasteiger partial charge in [0.25, 0.3) is 0 Å². The summed E-state index contributed by atoms with van der Waals surface area (Å²) in [6, 6.07) is -1.46. The summed E-state index contributed by atoms with van der Waals surface area (Å²) in [5.41, 5.74) is 0. The summed E-state index contributed by atoms with van der Waals surface area (Å²) in [6.07, 6.45) is 4.56. The Morgan fingerprint density at radius 2 is 2.16 bits per heavy atom. The van der Waals surface area contributed by atoms with Crippen LogP contribution in [-0.4, -0.2) is 53.6 Å². The first kappa shape index (κ1) is 13.6. The molecule has 2 aliphatic rings. The molecule has 7 heteroatoms. The second kappa shape index (κ2) is 5.90. The number of urea groups is 1. The van der Waals surface area contributed by atoms with Gasteiger partial charge in [0.2, 0.25) is 5.91 Å². The summed E-state index contributed by atoms with van der Waals surface area (Å²) >= 11 is 0. The smallest absolute Gasteiger partial charge is 0.328 e. The molecule has 7 nitrogen and oxygen atoms in total. The molecule has 3 amide bonds. The highest BCUT2D eigenvalue weighted by atomic mass is 16.4. The molecule has 1 saturated heterocycles. The Labute approximate surface area is 111 Å². The number of carbonyl (C=O) groups excluding carboxylic acids is 2. The molecular weight excluding hydrogens is 250 g/mol. The fourth-order valence-corrected chi connectivity index (χ4v) is 2.17. The van der Waals surface area contributed by atoms with E-state index in [0.29, 0.717) is 6.54 Å². The van der Waals surface area contributed by atoms with Crippen LogP contribution >= 0.6 is 0 Å². The lowest BCUT2D eigenvalue weighted by molar-refractivity contribution is -0.144. The van der Waals surface area contributed by atoms with Gasteiger partial charge in [0.15, 0.2) is 0 Å². The van der Waals surface area contributed by atoms with Crippen LogP contribution < -0.4 is 10.6 Å². The van der Waals surface area contributed by atoms with E-state index in [1.165, 1.54) is 12.8 Å². The third-order valence-electron chi connectivity index (χ3n) is 3.49. The maximum Gasteiger partial charge on any atom is 0.328 e. The van der Waals surface area contributed by atoms with E-state index < -0.39 is 18.0 Å². The molecule has 0 aromatic carbocycles. The monoisotopic (exact) mass is 269 g/mol. The lowest BCUT2D eigenvalue weighted by atomic mass is 10.2. The van der Waals surface area contributed by atoms with Gasteiger partial charge in [-0.15, -0.1) is 0 Å². The summed E-state index contributed by atoms with van der Waals surface area (Å²) in [7, 11) is 0. The molecule has 1 unspecified atom stereocenters. The number of carboxylic acids is 1. The largest absolute Gasteiger partial charge is 0.480 e. The van der Waals surface area contributed by atoms with Crippen LogP contribution in [0.1, 0.15) is 25.7 Å². The summed E-state index contributed by atoms with van der Waals surface area (Å²) in [6.45, 7) is 0.287. The van der Waals surface area contributed by atoms with Gasteiger partial charge in [-0.1, -0.05) is 12.8 Å². The maximum absolute atomic E-state index is 11.9. The number of amides is 3. The van der Waals surface area contributed by atoms with Gasteiger partial charge in [-0.25, -0.2) is 9.59 Å². The van der Waals surface area contributed by atoms with Gasteiger partial charge in [-0.05, 0) is 18.8 Å². The van der Waals surface area contributed by atoms with Crippen molar-refractivity contribution in [2.45, 2.75) is 31.7 Å². The van der Waals surface area contributed by atoms with Gasteiger partial charge < -0.3 is 15.7 Å². The van der Waals surface area contributed by atoms with Crippen LogP contribution in [0, 0.1) is 5.92 Å². The third kappa shape index (κ3) is 3.84. The summed E-state index contributed by atoms with van der Waals surface area (Å²) in [5, 5.41) is 14.2. The van der Waals surface area contributed by atoms with Crippen molar-refractivity contribution in [2.75, 3.05) is 19.6 Å². The number of hydrogen-bond donors (Lipinski definition) is 3. The van der Waals surface area contributed by atoms with E-state index in [1.54, 1.807) is 0 Å². The van der Waals surface area contributed by atoms with E-state index in [0.717, 1.165) is 23.7 Å². The highest BCUT2D eigenvalue weighted by Crippen LogP contribution is 2.33. The van der Waals surface area contributed by atoms with E-state index in [4.69, 9.17) is 5.11 Å². The van der Waals surface area contributed by atoms with Crippen molar-refractivity contribution in [1.29, 1.82) is 0 Å². The minimum atomic E-state index is -1.10. The highest BCUT2D eigenvalue weighted by Gasteiger charge is 2.35. The van der Waals surface area contributed by atoms with Crippen molar-refractivity contribution in [3.05, 3.63) is 0 Å². The zero-order valence-electron chi connectivity index (χ0n) is 10.7. The van der Waals surface area contributed by atoms with Crippen LogP contribution in [0.15, 0.2) is 0 Å². The number of carbonyl (C=O) groups is 3. The molecule has 1 heterocycles. The summed E-state index contributed by atoms with van der Waals surface area (Å²) in [4.78, 5) is 35.3. The molecule has 2 fully saturated rings. The molecule has 1 saturated carbocycles.